The van der Waals surface area contributed by atoms with Crippen molar-refractivity contribution in [2.75, 3.05) is 13.2 Å². The first-order valence-electron chi connectivity index (χ1n) is 8.11. The lowest BCUT2D eigenvalue weighted by atomic mass is 9.87. The van der Waals surface area contributed by atoms with Gasteiger partial charge in [0.1, 0.15) is 12.4 Å². The van der Waals surface area contributed by atoms with Crippen LogP contribution in [-0.4, -0.2) is 18.3 Å². The molecule has 1 aliphatic carbocycles. The number of aliphatic hydroxyl groups excluding tert-OH is 1. The smallest absolute Gasteiger partial charge is 0.120 e. The van der Waals surface area contributed by atoms with Gasteiger partial charge in [-0.2, -0.15) is 0 Å². The molecule has 4 heteroatoms. The van der Waals surface area contributed by atoms with Gasteiger partial charge in [0.15, 0.2) is 0 Å². The first kappa shape index (κ1) is 16.5. The highest BCUT2D eigenvalue weighted by Gasteiger charge is 2.19. The summed E-state index contributed by atoms with van der Waals surface area (Å²) in [5.41, 5.74) is 4.13. The molecule has 0 saturated heterocycles. The van der Waals surface area contributed by atoms with Crippen molar-refractivity contribution in [3.63, 3.8) is 0 Å². The van der Waals surface area contributed by atoms with Crippen LogP contribution < -0.4 is 10.1 Å². The van der Waals surface area contributed by atoms with Crippen molar-refractivity contribution in [1.29, 1.82) is 0 Å². The van der Waals surface area contributed by atoms with Crippen molar-refractivity contribution >= 4 is 15.9 Å². The summed E-state index contributed by atoms with van der Waals surface area (Å²) in [5, 5.41) is 12.5. The molecule has 0 heterocycles. The Morgan fingerprint density at radius 1 is 1.22 bits per heavy atom. The van der Waals surface area contributed by atoms with Gasteiger partial charge in [-0.25, -0.2) is 0 Å². The van der Waals surface area contributed by atoms with E-state index in [9.17, 15) is 0 Å². The normalized spacial score (nSPS) is 16.9. The monoisotopic (exact) mass is 375 g/mol. The molecule has 3 rings (SSSR count). The Morgan fingerprint density at radius 2 is 2.09 bits per heavy atom. The maximum absolute atomic E-state index is 8.81. The molecule has 0 radical (unpaired) electrons. The van der Waals surface area contributed by atoms with Crippen LogP contribution in [0.5, 0.6) is 5.75 Å². The molecule has 23 heavy (non-hydrogen) atoms. The topological polar surface area (TPSA) is 41.5 Å². The third kappa shape index (κ3) is 4.14. The number of fused-ring (bicyclic) bond motifs is 1. The number of hydrogen-bond acceptors (Lipinski definition) is 3. The van der Waals surface area contributed by atoms with Gasteiger partial charge in [-0.3, -0.25) is 0 Å². The zero-order chi connectivity index (χ0) is 16.1. The molecule has 2 N–H and O–H groups in total. The number of halogens is 1. The molecule has 122 valence electrons. The Hall–Kier alpha value is -1.36. The second-order valence-electron chi connectivity index (χ2n) is 5.85. The number of ether oxygens (including phenoxy) is 1. The van der Waals surface area contributed by atoms with E-state index in [4.69, 9.17) is 9.84 Å². The van der Waals surface area contributed by atoms with Gasteiger partial charge in [0, 0.05) is 17.1 Å². The zero-order valence-electron chi connectivity index (χ0n) is 13.1. The van der Waals surface area contributed by atoms with E-state index in [2.05, 4.69) is 51.6 Å². The van der Waals surface area contributed by atoms with E-state index in [1.807, 2.05) is 12.1 Å². The van der Waals surface area contributed by atoms with Crippen LogP contribution in [0.2, 0.25) is 0 Å². The minimum atomic E-state index is 0.0298. The molecule has 0 saturated carbocycles. The lowest BCUT2D eigenvalue weighted by molar-refractivity contribution is 0.201. The van der Waals surface area contributed by atoms with Crippen molar-refractivity contribution in [1.82, 2.24) is 5.32 Å². The predicted molar refractivity (Wildman–Crippen MR) is 95.7 cm³/mol. The van der Waals surface area contributed by atoms with E-state index in [-0.39, 0.29) is 6.61 Å². The van der Waals surface area contributed by atoms with Crippen LogP contribution in [0, 0.1) is 0 Å². The van der Waals surface area contributed by atoms with Crippen LogP contribution in [0.3, 0.4) is 0 Å². The Bertz CT molecular complexity index is 660. The van der Waals surface area contributed by atoms with E-state index >= 15 is 0 Å². The van der Waals surface area contributed by atoms with Gasteiger partial charge in [-0.15, -0.1) is 0 Å². The lowest BCUT2D eigenvalue weighted by Crippen LogP contribution is -2.25. The van der Waals surface area contributed by atoms with Gasteiger partial charge in [0.2, 0.25) is 0 Å². The van der Waals surface area contributed by atoms with Gasteiger partial charge >= 0.3 is 0 Å². The van der Waals surface area contributed by atoms with Gasteiger partial charge in [0.25, 0.3) is 0 Å². The predicted octanol–water partition coefficient (Wildman–Crippen LogP) is 3.99. The molecule has 1 unspecified atom stereocenters. The average Bonchev–Trinajstić information content (AvgIpc) is 2.59. The molecular formula is C19H22BrNO2. The van der Waals surface area contributed by atoms with Gasteiger partial charge in [-0.05, 0) is 48.1 Å². The molecule has 0 fully saturated rings. The van der Waals surface area contributed by atoms with Crippen LogP contribution in [0.15, 0.2) is 46.9 Å². The fraction of sp³-hybridized carbons (Fsp3) is 0.368. The summed E-state index contributed by atoms with van der Waals surface area (Å²) in [5.74, 6) is 0.776. The van der Waals surface area contributed by atoms with Crippen molar-refractivity contribution in [2.24, 2.45) is 0 Å². The number of hydrogen-bond donors (Lipinski definition) is 2. The Labute approximate surface area is 145 Å². The zero-order valence-corrected chi connectivity index (χ0v) is 14.7. The van der Waals surface area contributed by atoms with E-state index in [1.54, 1.807) is 0 Å². The molecule has 1 aliphatic rings. The Balaban J connectivity index is 1.65. The maximum Gasteiger partial charge on any atom is 0.120 e. The molecule has 0 aromatic heterocycles. The van der Waals surface area contributed by atoms with Gasteiger partial charge in [0.05, 0.1) is 6.61 Å². The number of benzene rings is 2. The molecule has 0 spiro atoms. The van der Waals surface area contributed by atoms with Crippen LogP contribution in [0.4, 0.5) is 0 Å². The number of nitrogens with one attached hydrogen (secondary N) is 1. The van der Waals surface area contributed by atoms with Gasteiger partial charge < -0.3 is 15.2 Å². The van der Waals surface area contributed by atoms with Gasteiger partial charge in [-0.1, -0.05) is 46.3 Å². The standard InChI is InChI=1S/C19H22BrNO2/c20-18-12-16(23-11-10-22)9-8-15(18)13-21-19-7-3-5-14-4-1-2-6-17(14)19/h1-2,4,6,8-9,12,19,21-22H,3,5,7,10-11,13H2. The Kier molecular flexibility index (Phi) is 5.70. The second kappa shape index (κ2) is 7.95. The summed E-state index contributed by atoms with van der Waals surface area (Å²) in [4.78, 5) is 0. The average molecular weight is 376 g/mol. The van der Waals surface area contributed by atoms with E-state index in [0.29, 0.717) is 12.6 Å². The van der Waals surface area contributed by atoms with Crippen LogP contribution in [0.25, 0.3) is 0 Å². The van der Waals surface area contributed by atoms with Crippen LogP contribution in [0.1, 0.15) is 35.6 Å². The summed E-state index contributed by atoms with van der Waals surface area (Å²) in [6.45, 7) is 1.17. The quantitative estimate of drug-likeness (QED) is 0.801. The maximum atomic E-state index is 8.81. The highest BCUT2D eigenvalue weighted by molar-refractivity contribution is 9.10. The van der Waals surface area contributed by atoms with Crippen molar-refractivity contribution in [3.8, 4) is 5.75 Å². The second-order valence-corrected chi connectivity index (χ2v) is 6.70. The number of aliphatic hydroxyl groups is 1. The van der Waals surface area contributed by atoms with Crippen molar-refractivity contribution in [3.05, 3.63) is 63.6 Å². The largest absolute Gasteiger partial charge is 0.491 e. The van der Waals surface area contributed by atoms with Crippen molar-refractivity contribution < 1.29 is 9.84 Å². The third-order valence-electron chi connectivity index (χ3n) is 4.29. The molecule has 0 aliphatic heterocycles. The minimum absolute atomic E-state index is 0.0298. The summed E-state index contributed by atoms with van der Waals surface area (Å²) >= 11 is 3.61. The van der Waals surface area contributed by atoms with Crippen LogP contribution in [-0.2, 0) is 13.0 Å². The fourth-order valence-electron chi connectivity index (χ4n) is 3.12. The van der Waals surface area contributed by atoms with E-state index < -0.39 is 0 Å². The molecule has 1 atom stereocenters. The first-order chi connectivity index (χ1) is 11.3. The molecule has 0 amide bonds. The fourth-order valence-corrected chi connectivity index (χ4v) is 3.62. The highest BCUT2D eigenvalue weighted by atomic mass is 79.9. The van der Waals surface area contributed by atoms with Crippen LogP contribution >= 0.6 is 15.9 Å². The molecule has 3 nitrogen and oxygen atoms in total. The lowest BCUT2D eigenvalue weighted by Gasteiger charge is -2.26. The number of aryl methyl sites for hydroxylation is 1. The molecular weight excluding hydrogens is 354 g/mol. The molecule has 2 aromatic carbocycles. The number of rotatable bonds is 6. The molecule has 0 bridgehead atoms. The summed E-state index contributed by atoms with van der Waals surface area (Å²) in [7, 11) is 0. The minimum Gasteiger partial charge on any atom is -0.491 e. The van der Waals surface area contributed by atoms with E-state index in [0.717, 1.165) is 16.8 Å². The molecule has 2 aromatic rings. The van der Waals surface area contributed by atoms with E-state index in [1.165, 1.54) is 36.0 Å². The first-order valence-corrected chi connectivity index (χ1v) is 8.90. The summed E-state index contributed by atoms with van der Waals surface area (Å²) < 4.78 is 6.46. The summed E-state index contributed by atoms with van der Waals surface area (Å²) in [6.07, 6.45) is 3.62. The highest BCUT2D eigenvalue weighted by Crippen LogP contribution is 2.30. The third-order valence-corrected chi connectivity index (χ3v) is 5.03. The Morgan fingerprint density at radius 3 is 2.91 bits per heavy atom. The SMILES string of the molecule is OCCOc1ccc(CNC2CCCc3ccccc32)c(Br)c1. The summed E-state index contributed by atoms with van der Waals surface area (Å²) in [6, 6.07) is 15.1. The van der Waals surface area contributed by atoms with Crippen molar-refractivity contribution in [2.45, 2.75) is 31.8 Å².